The molecule has 3 nitrogen and oxygen atoms in total. The first-order chi connectivity index (χ1) is 8.05. The minimum atomic E-state index is 0.486. The summed E-state index contributed by atoms with van der Waals surface area (Å²) in [5.74, 6) is 0.899. The monoisotopic (exact) mass is 240 g/mol. The highest BCUT2D eigenvalue weighted by molar-refractivity contribution is 4.81. The second kappa shape index (κ2) is 5.68. The van der Waals surface area contributed by atoms with Gasteiger partial charge in [-0.15, -0.1) is 0 Å². The van der Waals surface area contributed by atoms with Gasteiger partial charge in [0, 0.05) is 19.6 Å². The third-order valence-electron chi connectivity index (χ3n) is 4.32. The summed E-state index contributed by atoms with van der Waals surface area (Å²) < 4.78 is 5.77. The summed E-state index contributed by atoms with van der Waals surface area (Å²) in [7, 11) is 0. The van der Waals surface area contributed by atoms with Crippen molar-refractivity contribution in [3.05, 3.63) is 0 Å². The average Bonchev–Trinajstić information content (AvgIpc) is 2.21. The third kappa shape index (κ3) is 3.94. The van der Waals surface area contributed by atoms with Crippen LogP contribution in [0.3, 0.4) is 0 Å². The van der Waals surface area contributed by atoms with Crippen LogP contribution in [0.2, 0.25) is 0 Å². The first-order valence-electron chi connectivity index (χ1n) is 7.10. The van der Waals surface area contributed by atoms with Crippen LogP contribution in [0, 0.1) is 11.3 Å². The topological polar surface area (TPSA) is 24.5 Å². The zero-order valence-corrected chi connectivity index (χ0v) is 11.7. The molecule has 0 amide bonds. The molecule has 0 aromatic rings. The summed E-state index contributed by atoms with van der Waals surface area (Å²) in [5, 5.41) is 3.23. The molecule has 0 saturated carbocycles. The first kappa shape index (κ1) is 13.3. The smallest absolute Gasteiger partial charge is 0.0824 e. The fourth-order valence-corrected chi connectivity index (χ4v) is 2.75. The summed E-state index contributed by atoms with van der Waals surface area (Å²) in [5.41, 5.74) is 0.486. The van der Waals surface area contributed by atoms with E-state index in [1.165, 1.54) is 25.9 Å². The molecule has 0 bridgehead atoms. The van der Waals surface area contributed by atoms with Gasteiger partial charge in [-0.2, -0.15) is 0 Å². The van der Waals surface area contributed by atoms with E-state index in [9.17, 15) is 0 Å². The highest BCUT2D eigenvalue weighted by atomic mass is 16.5. The van der Waals surface area contributed by atoms with Crippen LogP contribution >= 0.6 is 0 Å². The lowest BCUT2D eigenvalue weighted by Crippen LogP contribution is -2.49. The number of nitrogens with zero attached hydrogens (tertiary/aromatic N) is 1. The first-order valence-corrected chi connectivity index (χ1v) is 7.10. The Balaban J connectivity index is 1.58. The van der Waals surface area contributed by atoms with Crippen molar-refractivity contribution in [2.24, 2.45) is 11.3 Å². The minimum Gasteiger partial charge on any atom is -0.374 e. The van der Waals surface area contributed by atoms with Crippen LogP contribution in [0.25, 0.3) is 0 Å². The van der Waals surface area contributed by atoms with Crippen molar-refractivity contribution in [2.75, 3.05) is 39.3 Å². The molecule has 2 aliphatic heterocycles. The molecule has 0 aromatic carbocycles. The van der Waals surface area contributed by atoms with E-state index < -0.39 is 0 Å². The number of hydrogen-bond acceptors (Lipinski definition) is 3. The maximum Gasteiger partial charge on any atom is 0.0824 e. The van der Waals surface area contributed by atoms with E-state index in [1.54, 1.807) is 0 Å². The standard InChI is InChI=1S/C14H28N2O/c1-14(2,3)12-4-6-16(7-5-12)8-9-17-13-10-15-11-13/h12-13,15H,4-11H2,1-3H3. The molecule has 0 unspecified atom stereocenters. The molecule has 2 rings (SSSR count). The van der Waals surface area contributed by atoms with Crippen molar-refractivity contribution in [3.63, 3.8) is 0 Å². The predicted octanol–water partition coefficient (Wildman–Crippen LogP) is 1.73. The van der Waals surface area contributed by atoms with Gasteiger partial charge in [0.25, 0.3) is 0 Å². The van der Waals surface area contributed by atoms with Crippen LogP contribution in [0.4, 0.5) is 0 Å². The van der Waals surface area contributed by atoms with Gasteiger partial charge < -0.3 is 15.0 Å². The van der Waals surface area contributed by atoms with Crippen molar-refractivity contribution < 1.29 is 4.74 Å². The van der Waals surface area contributed by atoms with Gasteiger partial charge in [-0.25, -0.2) is 0 Å². The minimum absolute atomic E-state index is 0.486. The second-order valence-corrected chi connectivity index (χ2v) is 6.63. The molecule has 1 N–H and O–H groups in total. The summed E-state index contributed by atoms with van der Waals surface area (Å²) in [4.78, 5) is 2.56. The maximum atomic E-state index is 5.77. The molecule has 2 fully saturated rings. The molecule has 0 radical (unpaired) electrons. The summed E-state index contributed by atoms with van der Waals surface area (Å²) in [6.07, 6.45) is 3.20. The molecule has 0 aromatic heterocycles. The van der Waals surface area contributed by atoms with Gasteiger partial charge in [0.15, 0.2) is 0 Å². The van der Waals surface area contributed by atoms with Crippen LogP contribution in [-0.2, 0) is 4.74 Å². The Bertz CT molecular complexity index is 225. The molecular formula is C14H28N2O. The van der Waals surface area contributed by atoms with Crippen molar-refractivity contribution in [3.8, 4) is 0 Å². The molecule has 2 aliphatic rings. The number of hydrogen-bond donors (Lipinski definition) is 1. The van der Waals surface area contributed by atoms with Crippen LogP contribution < -0.4 is 5.32 Å². The largest absolute Gasteiger partial charge is 0.374 e. The van der Waals surface area contributed by atoms with Gasteiger partial charge in [-0.3, -0.25) is 0 Å². The Morgan fingerprint density at radius 1 is 1.18 bits per heavy atom. The van der Waals surface area contributed by atoms with Gasteiger partial charge >= 0.3 is 0 Å². The van der Waals surface area contributed by atoms with Crippen molar-refractivity contribution >= 4 is 0 Å². The summed E-state index contributed by atoms with van der Waals surface area (Å²) >= 11 is 0. The van der Waals surface area contributed by atoms with E-state index in [0.717, 1.165) is 32.2 Å². The number of piperidine rings is 1. The number of rotatable bonds is 4. The SMILES string of the molecule is CC(C)(C)C1CCN(CCOC2CNC2)CC1. The Kier molecular flexibility index (Phi) is 4.45. The molecule has 0 aliphatic carbocycles. The van der Waals surface area contributed by atoms with Crippen LogP contribution in [0.5, 0.6) is 0 Å². The fraction of sp³-hybridized carbons (Fsp3) is 1.00. The number of ether oxygens (including phenoxy) is 1. The van der Waals surface area contributed by atoms with Crippen molar-refractivity contribution in [2.45, 2.75) is 39.7 Å². The molecule has 100 valence electrons. The fourth-order valence-electron chi connectivity index (χ4n) is 2.75. The molecule has 2 heterocycles. The van der Waals surface area contributed by atoms with Crippen molar-refractivity contribution in [1.82, 2.24) is 10.2 Å². The van der Waals surface area contributed by atoms with E-state index in [0.29, 0.717) is 11.5 Å². The molecule has 3 heteroatoms. The molecule has 0 atom stereocenters. The van der Waals surface area contributed by atoms with E-state index >= 15 is 0 Å². The van der Waals surface area contributed by atoms with Gasteiger partial charge in [0.1, 0.15) is 0 Å². The summed E-state index contributed by atoms with van der Waals surface area (Å²) in [6.45, 7) is 13.8. The number of nitrogens with one attached hydrogen (secondary N) is 1. The van der Waals surface area contributed by atoms with Gasteiger partial charge in [0.05, 0.1) is 12.7 Å². The Labute approximate surface area is 106 Å². The van der Waals surface area contributed by atoms with Crippen LogP contribution in [0.1, 0.15) is 33.6 Å². The molecular weight excluding hydrogens is 212 g/mol. The predicted molar refractivity (Wildman–Crippen MR) is 71.2 cm³/mol. The van der Waals surface area contributed by atoms with Gasteiger partial charge in [-0.05, 0) is 37.3 Å². The lowest BCUT2D eigenvalue weighted by Gasteiger charge is -2.39. The summed E-state index contributed by atoms with van der Waals surface area (Å²) in [6, 6.07) is 0. The maximum absolute atomic E-state index is 5.77. The lowest BCUT2D eigenvalue weighted by molar-refractivity contribution is 0.000783. The highest BCUT2D eigenvalue weighted by Crippen LogP contribution is 2.34. The third-order valence-corrected chi connectivity index (χ3v) is 4.32. The Morgan fingerprint density at radius 2 is 1.82 bits per heavy atom. The second-order valence-electron chi connectivity index (χ2n) is 6.63. The molecule has 0 spiro atoms. The average molecular weight is 240 g/mol. The number of likely N-dealkylation sites (tertiary alicyclic amines) is 1. The van der Waals surface area contributed by atoms with E-state index in [-0.39, 0.29) is 0 Å². The molecule has 17 heavy (non-hydrogen) atoms. The Hall–Kier alpha value is -0.120. The highest BCUT2D eigenvalue weighted by Gasteiger charge is 2.28. The van der Waals surface area contributed by atoms with Gasteiger partial charge in [-0.1, -0.05) is 20.8 Å². The van der Waals surface area contributed by atoms with E-state index in [1.807, 2.05) is 0 Å². The molecule has 2 saturated heterocycles. The van der Waals surface area contributed by atoms with E-state index in [2.05, 4.69) is 31.0 Å². The Morgan fingerprint density at radius 3 is 2.29 bits per heavy atom. The van der Waals surface area contributed by atoms with Crippen LogP contribution in [-0.4, -0.2) is 50.3 Å². The van der Waals surface area contributed by atoms with E-state index in [4.69, 9.17) is 4.74 Å². The zero-order chi connectivity index (χ0) is 12.3. The van der Waals surface area contributed by atoms with Crippen molar-refractivity contribution in [1.29, 1.82) is 0 Å². The van der Waals surface area contributed by atoms with Crippen LogP contribution in [0.15, 0.2) is 0 Å². The van der Waals surface area contributed by atoms with Gasteiger partial charge in [0.2, 0.25) is 0 Å². The lowest BCUT2D eigenvalue weighted by atomic mass is 9.75. The zero-order valence-electron chi connectivity index (χ0n) is 11.7. The quantitative estimate of drug-likeness (QED) is 0.810. The normalized spacial score (nSPS) is 24.9.